The molecule has 2 aliphatic rings. The number of piperidine rings is 1. The molecule has 2 N–H and O–H groups in total. The van der Waals surface area contributed by atoms with Crippen molar-refractivity contribution in [2.45, 2.75) is 51.7 Å². The van der Waals surface area contributed by atoms with Crippen LogP contribution >= 0.6 is 0 Å². The molecule has 5 rings (SSSR count). The van der Waals surface area contributed by atoms with Crippen LogP contribution < -0.4 is 15.4 Å². The summed E-state index contributed by atoms with van der Waals surface area (Å²) < 4.78 is 6.42. The van der Waals surface area contributed by atoms with Gasteiger partial charge in [0, 0.05) is 55.2 Å². The molecule has 8 nitrogen and oxygen atoms in total. The lowest BCUT2D eigenvalue weighted by molar-refractivity contribution is 0.0852. The number of carbonyl (C=O) groups excluding carboxylic acids is 1. The third-order valence-electron chi connectivity index (χ3n) is 6.84. The van der Waals surface area contributed by atoms with Crippen molar-refractivity contribution in [2.75, 3.05) is 36.8 Å². The number of hydrogen-bond acceptors (Lipinski definition) is 6. The predicted octanol–water partition coefficient (Wildman–Crippen LogP) is 5.25. The zero-order valence-corrected chi connectivity index (χ0v) is 20.5. The third kappa shape index (κ3) is 5.65. The number of benzene rings is 2. The van der Waals surface area contributed by atoms with E-state index in [1.54, 1.807) is 0 Å². The minimum Gasteiger partial charge on any atom is -0.488 e. The summed E-state index contributed by atoms with van der Waals surface area (Å²) in [5.41, 5.74) is 2.35. The van der Waals surface area contributed by atoms with Gasteiger partial charge in [-0.3, -0.25) is 0 Å². The number of ether oxygens (including phenoxy) is 1. The van der Waals surface area contributed by atoms with E-state index in [9.17, 15) is 4.79 Å². The van der Waals surface area contributed by atoms with E-state index < -0.39 is 0 Å². The highest BCUT2D eigenvalue weighted by Crippen LogP contribution is 2.28. The highest BCUT2D eigenvalue weighted by molar-refractivity contribution is 5.90. The lowest BCUT2D eigenvalue weighted by Gasteiger charge is -2.34. The van der Waals surface area contributed by atoms with Crippen LogP contribution in [0.2, 0.25) is 0 Å². The smallest absolute Gasteiger partial charge is 0.321 e. The summed E-state index contributed by atoms with van der Waals surface area (Å²) >= 11 is 0. The van der Waals surface area contributed by atoms with Crippen molar-refractivity contribution in [3.8, 4) is 5.75 Å². The standard InChI is InChI=1S/C27H34N6O2/c1-19(2)32-15-11-23(12-16-32)35-24-10-5-7-20-18-28-26(31-25(20)24)29-21-8-6-9-22(17-21)30-27(34)33-13-3-4-14-33/h5-10,17-19,23H,3-4,11-16H2,1-2H3,(H,30,34)(H,28,29,31). The van der Waals surface area contributed by atoms with Gasteiger partial charge < -0.3 is 25.2 Å². The van der Waals surface area contributed by atoms with E-state index >= 15 is 0 Å². The maximum atomic E-state index is 12.4. The number of rotatable bonds is 6. The first-order chi connectivity index (χ1) is 17.0. The summed E-state index contributed by atoms with van der Waals surface area (Å²) in [5, 5.41) is 7.21. The van der Waals surface area contributed by atoms with Crippen molar-refractivity contribution < 1.29 is 9.53 Å². The molecule has 0 radical (unpaired) electrons. The van der Waals surface area contributed by atoms with Crippen LogP contribution in [0.25, 0.3) is 10.9 Å². The van der Waals surface area contributed by atoms with Gasteiger partial charge in [0.05, 0.1) is 0 Å². The van der Waals surface area contributed by atoms with E-state index in [4.69, 9.17) is 9.72 Å². The average Bonchev–Trinajstić information content (AvgIpc) is 3.40. The van der Waals surface area contributed by atoms with Gasteiger partial charge in [0.2, 0.25) is 5.95 Å². The Kier molecular flexibility index (Phi) is 6.99. The van der Waals surface area contributed by atoms with E-state index in [2.05, 4.69) is 34.4 Å². The minimum absolute atomic E-state index is 0.0531. The quantitative estimate of drug-likeness (QED) is 0.508. The monoisotopic (exact) mass is 474 g/mol. The molecular formula is C27H34N6O2. The Morgan fingerprint density at radius 2 is 1.77 bits per heavy atom. The van der Waals surface area contributed by atoms with Gasteiger partial charge in [0.15, 0.2) is 0 Å². The van der Waals surface area contributed by atoms with Crippen LogP contribution in [0.5, 0.6) is 5.75 Å². The van der Waals surface area contributed by atoms with Crippen molar-refractivity contribution in [1.82, 2.24) is 19.8 Å². The van der Waals surface area contributed by atoms with Crippen LogP contribution in [0.3, 0.4) is 0 Å². The average molecular weight is 475 g/mol. The van der Waals surface area contributed by atoms with Crippen molar-refractivity contribution in [1.29, 1.82) is 0 Å². The van der Waals surface area contributed by atoms with Crippen molar-refractivity contribution in [3.05, 3.63) is 48.7 Å². The number of likely N-dealkylation sites (tertiary alicyclic amines) is 2. The largest absolute Gasteiger partial charge is 0.488 e. The van der Waals surface area contributed by atoms with Gasteiger partial charge in [0.1, 0.15) is 17.4 Å². The predicted molar refractivity (Wildman–Crippen MR) is 139 cm³/mol. The van der Waals surface area contributed by atoms with Crippen LogP contribution in [0.1, 0.15) is 39.5 Å². The Hall–Kier alpha value is -3.39. The lowest BCUT2D eigenvalue weighted by atomic mass is 10.1. The fourth-order valence-electron chi connectivity index (χ4n) is 4.80. The Balaban J connectivity index is 1.28. The summed E-state index contributed by atoms with van der Waals surface area (Å²) in [6.07, 6.45) is 6.17. The van der Waals surface area contributed by atoms with Crippen LogP contribution in [0, 0.1) is 0 Å². The molecule has 2 amide bonds. The number of para-hydroxylation sites is 1. The number of anilines is 3. The van der Waals surface area contributed by atoms with Crippen molar-refractivity contribution in [3.63, 3.8) is 0 Å². The van der Waals surface area contributed by atoms with E-state index in [0.29, 0.717) is 12.0 Å². The molecule has 0 bridgehead atoms. The van der Waals surface area contributed by atoms with E-state index in [1.165, 1.54) is 0 Å². The van der Waals surface area contributed by atoms with Crippen molar-refractivity contribution >= 4 is 34.3 Å². The number of hydrogen-bond donors (Lipinski definition) is 2. The minimum atomic E-state index is -0.0531. The normalized spacial score (nSPS) is 17.2. The first kappa shape index (κ1) is 23.4. The maximum Gasteiger partial charge on any atom is 0.321 e. The second-order valence-electron chi connectivity index (χ2n) is 9.66. The van der Waals surface area contributed by atoms with E-state index in [1.807, 2.05) is 53.6 Å². The summed E-state index contributed by atoms with van der Waals surface area (Å²) in [5.74, 6) is 1.29. The maximum absolute atomic E-state index is 12.4. The molecule has 2 fully saturated rings. The number of carbonyl (C=O) groups is 1. The molecule has 184 valence electrons. The molecule has 0 atom stereocenters. The molecule has 1 aromatic heterocycles. The molecule has 0 spiro atoms. The summed E-state index contributed by atoms with van der Waals surface area (Å²) in [4.78, 5) is 26.1. The van der Waals surface area contributed by atoms with E-state index in [-0.39, 0.29) is 12.1 Å². The Morgan fingerprint density at radius 1 is 1.03 bits per heavy atom. The van der Waals surface area contributed by atoms with Gasteiger partial charge in [0.25, 0.3) is 0 Å². The third-order valence-corrected chi connectivity index (χ3v) is 6.84. The zero-order valence-electron chi connectivity index (χ0n) is 20.5. The molecule has 2 aromatic carbocycles. The SMILES string of the molecule is CC(C)N1CCC(Oc2cccc3cnc(Nc4cccc(NC(=O)N5CCCC5)c4)nc23)CC1. The number of amides is 2. The van der Waals surface area contributed by atoms with Crippen LogP contribution in [0.15, 0.2) is 48.7 Å². The number of nitrogens with zero attached hydrogens (tertiary/aromatic N) is 4. The summed E-state index contributed by atoms with van der Waals surface area (Å²) in [7, 11) is 0. The molecule has 3 heterocycles. The first-order valence-corrected chi connectivity index (χ1v) is 12.6. The molecular weight excluding hydrogens is 440 g/mol. The number of urea groups is 1. The fraction of sp³-hybridized carbons (Fsp3) is 0.444. The Bertz CT molecular complexity index is 1170. The van der Waals surface area contributed by atoms with Crippen molar-refractivity contribution in [2.24, 2.45) is 0 Å². The van der Waals surface area contributed by atoms with Gasteiger partial charge in [-0.2, -0.15) is 0 Å². The topological polar surface area (TPSA) is 82.6 Å². The highest BCUT2D eigenvalue weighted by atomic mass is 16.5. The molecule has 2 saturated heterocycles. The molecule has 8 heteroatoms. The van der Waals surface area contributed by atoms with Crippen LogP contribution in [-0.2, 0) is 0 Å². The lowest BCUT2D eigenvalue weighted by Crippen LogP contribution is -2.41. The van der Waals surface area contributed by atoms with Gasteiger partial charge in [-0.05, 0) is 63.8 Å². The van der Waals surface area contributed by atoms with Gasteiger partial charge >= 0.3 is 6.03 Å². The molecule has 0 unspecified atom stereocenters. The van der Waals surface area contributed by atoms with Gasteiger partial charge in [-0.15, -0.1) is 0 Å². The zero-order chi connectivity index (χ0) is 24.2. The molecule has 0 aliphatic carbocycles. The number of nitrogens with one attached hydrogen (secondary N) is 2. The molecule has 3 aromatic rings. The number of fused-ring (bicyclic) bond motifs is 1. The molecule has 35 heavy (non-hydrogen) atoms. The Labute approximate surface area is 206 Å². The highest BCUT2D eigenvalue weighted by Gasteiger charge is 2.23. The fourth-order valence-corrected chi connectivity index (χ4v) is 4.80. The summed E-state index contributed by atoms with van der Waals surface area (Å²) in [6.45, 7) is 8.23. The van der Waals surface area contributed by atoms with Crippen LogP contribution in [-0.4, -0.2) is 64.1 Å². The first-order valence-electron chi connectivity index (χ1n) is 12.6. The Morgan fingerprint density at radius 3 is 2.54 bits per heavy atom. The van der Waals surface area contributed by atoms with Gasteiger partial charge in [-0.25, -0.2) is 14.8 Å². The molecule has 2 aliphatic heterocycles. The second-order valence-corrected chi connectivity index (χ2v) is 9.66. The summed E-state index contributed by atoms with van der Waals surface area (Å²) in [6, 6.07) is 14.1. The van der Waals surface area contributed by atoms with Gasteiger partial charge in [-0.1, -0.05) is 18.2 Å². The van der Waals surface area contributed by atoms with E-state index in [0.717, 1.165) is 79.9 Å². The van der Waals surface area contributed by atoms with Crippen LogP contribution in [0.4, 0.5) is 22.1 Å². The number of aromatic nitrogens is 2. The molecule has 0 saturated carbocycles. The second kappa shape index (κ2) is 10.5.